The average molecular weight is 354 g/mol. The van der Waals surface area contributed by atoms with E-state index in [0.29, 0.717) is 6.04 Å². The molecule has 26 heavy (non-hydrogen) atoms. The molecule has 0 saturated carbocycles. The molecule has 0 radical (unpaired) electrons. The lowest BCUT2D eigenvalue weighted by molar-refractivity contribution is 0.405. The Morgan fingerprint density at radius 1 is 1.19 bits per heavy atom. The number of imidazole rings is 2. The number of nitrogens with zero attached hydrogens (tertiary/aromatic N) is 6. The van der Waals surface area contributed by atoms with Gasteiger partial charge in [-0.25, -0.2) is 19.9 Å². The molecule has 2 N–H and O–H groups in total. The van der Waals surface area contributed by atoms with E-state index in [1.807, 2.05) is 6.20 Å². The Hall–Kier alpha value is -2.48. The fourth-order valence-electron chi connectivity index (χ4n) is 3.70. The summed E-state index contributed by atoms with van der Waals surface area (Å²) in [6.45, 7) is 6.24. The highest BCUT2D eigenvalue weighted by Gasteiger charge is 2.21. The minimum absolute atomic E-state index is 0.582. The molecular formula is C18H26N8. The molecule has 1 saturated heterocycles. The summed E-state index contributed by atoms with van der Waals surface area (Å²) in [6.07, 6.45) is 11.6. The third-order valence-corrected chi connectivity index (χ3v) is 5.12. The maximum absolute atomic E-state index is 4.46. The highest BCUT2D eigenvalue weighted by atomic mass is 15.2. The maximum atomic E-state index is 4.46. The van der Waals surface area contributed by atoms with Gasteiger partial charge in [-0.15, -0.1) is 0 Å². The number of aryl methyl sites for hydroxylation is 2. The Bertz CT molecular complexity index is 830. The molecule has 1 fully saturated rings. The van der Waals surface area contributed by atoms with Gasteiger partial charge in [0.2, 0.25) is 0 Å². The molecule has 8 nitrogen and oxygen atoms in total. The van der Waals surface area contributed by atoms with Crippen molar-refractivity contribution in [3.8, 4) is 0 Å². The topological polar surface area (TPSA) is 87.6 Å². The summed E-state index contributed by atoms with van der Waals surface area (Å²) in [5.41, 5.74) is 1.67. The number of aromatic nitrogens is 6. The Morgan fingerprint density at radius 3 is 2.92 bits per heavy atom. The standard InChI is InChI=1S/C18H26N8/c1-2-15-20-7-11-25(15)8-3-6-19-14-4-9-26(10-5-14)18-16-17(22-12-21-16)23-13-24-18/h7,11-14,19H,2-6,8-10H2,1H3,(H,21,22,23,24). The first-order chi connectivity index (χ1) is 12.8. The van der Waals surface area contributed by atoms with Crippen LogP contribution in [0.25, 0.3) is 11.2 Å². The van der Waals surface area contributed by atoms with Gasteiger partial charge >= 0.3 is 0 Å². The molecular weight excluding hydrogens is 328 g/mol. The smallest absolute Gasteiger partial charge is 0.182 e. The van der Waals surface area contributed by atoms with Crippen LogP contribution in [0.2, 0.25) is 0 Å². The minimum atomic E-state index is 0.582. The summed E-state index contributed by atoms with van der Waals surface area (Å²) in [7, 11) is 0. The van der Waals surface area contributed by atoms with Crippen molar-refractivity contribution >= 4 is 17.0 Å². The van der Waals surface area contributed by atoms with Gasteiger partial charge in [-0.05, 0) is 25.8 Å². The number of hydrogen-bond donors (Lipinski definition) is 2. The number of H-pyrrole nitrogens is 1. The van der Waals surface area contributed by atoms with Crippen molar-refractivity contribution in [3.05, 3.63) is 30.9 Å². The Kier molecular flexibility index (Phi) is 5.10. The van der Waals surface area contributed by atoms with E-state index in [4.69, 9.17) is 0 Å². The Labute approximate surface area is 153 Å². The van der Waals surface area contributed by atoms with Gasteiger partial charge in [-0.1, -0.05) is 6.92 Å². The largest absolute Gasteiger partial charge is 0.355 e. The SMILES string of the molecule is CCc1nccn1CCCNC1CCN(c2ncnc3nc[nH]c23)CC1. The second-order valence-corrected chi connectivity index (χ2v) is 6.76. The predicted octanol–water partition coefficient (Wildman–Crippen LogP) is 1.76. The number of piperidine rings is 1. The van der Waals surface area contributed by atoms with E-state index in [1.54, 1.807) is 12.7 Å². The number of aromatic amines is 1. The van der Waals surface area contributed by atoms with Crippen LogP contribution in [-0.4, -0.2) is 55.2 Å². The lowest BCUT2D eigenvalue weighted by Gasteiger charge is -2.33. The van der Waals surface area contributed by atoms with Crippen LogP contribution < -0.4 is 10.2 Å². The average Bonchev–Trinajstić information content (AvgIpc) is 3.34. The molecule has 1 aliphatic rings. The van der Waals surface area contributed by atoms with Crippen molar-refractivity contribution in [2.45, 2.75) is 45.2 Å². The van der Waals surface area contributed by atoms with E-state index in [0.717, 1.165) is 68.8 Å². The van der Waals surface area contributed by atoms with Crippen molar-refractivity contribution in [3.63, 3.8) is 0 Å². The van der Waals surface area contributed by atoms with Gasteiger partial charge in [-0.3, -0.25) is 0 Å². The van der Waals surface area contributed by atoms with Crippen molar-refractivity contribution in [1.82, 2.24) is 34.8 Å². The van der Waals surface area contributed by atoms with Gasteiger partial charge in [0.05, 0.1) is 6.33 Å². The van der Waals surface area contributed by atoms with Crippen LogP contribution in [0.15, 0.2) is 25.0 Å². The van der Waals surface area contributed by atoms with Crippen LogP contribution in [0.3, 0.4) is 0 Å². The van der Waals surface area contributed by atoms with Gasteiger partial charge in [0, 0.05) is 44.5 Å². The van der Waals surface area contributed by atoms with E-state index in [1.165, 1.54) is 5.82 Å². The number of fused-ring (bicyclic) bond motifs is 1. The molecule has 0 aliphatic carbocycles. The molecule has 3 aromatic heterocycles. The molecule has 0 bridgehead atoms. The van der Waals surface area contributed by atoms with Crippen LogP contribution in [0.4, 0.5) is 5.82 Å². The second-order valence-electron chi connectivity index (χ2n) is 6.76. The van der Waals surface area contributed by atoms with Crippen LogP contribution in [0.5, 0.6) is 0 Å². The molecule has 0 atom stereocenters. The maximum Gasteiger partial charge on any atom is 0.182 e. The van der Waals surface area contributed by atoms with E-state index in [-0.39, 0.29) is 0 Å². The molecule has 0 spiro atoms. The summed E-state index contributed by atoms with van der Waals surface area (Å²) < 4.78 is 2.26. The first-order valence-corrected chi connectivity index (χ1v) is 9.47. The zero-order valence-electron chi connectivity index (χ0n) is 15.2. The molecule has 1 aliphatic heterocycles. The second kappa shape index (κ2) is 7.82. The van der Waals surface area contributed by atoms with Crippen molar-refractivity contribution < 1.29 is 0 Å². The molecule has 4 heterocycles. The van der Waals surface area contributed by atoms with Crippen molar-refractivity contribution in [1.29, 1.82) is 0 Å². The quantitative estimate of drug-likeness (QED) is 0.629. The first kappa shape index (κ1) is 17.0. The van der Waals surface area contributed by atoms with Crippen LogP contribution in [-0.2, 0) is 13.0 Å². The highest BCUT2D eigenvalue weighted by Crippen LogP contribution is 2.23. The summed E-state index contributed by atoms with van der Waals surface area (Å²) >= 11 is 0. The summed E-state index contributed by atoms with van der Waals surface area (Å²) in [4.78, 5) is 22.7. The number of anilines is 1. The third kappa shape index (κ3) is 3.55. The van der Waals surface area contributed by atoms with Gasteiger partial charge in [-0.2, -0.15) is 0 Å². The minimum Gasteiger partial charge on any atom is -0.355 e. The Morgan fingerprint density at radius 2 is 2.08 bits per heavy atom. The Balaban J connectivity index is 1.23. The summed E-state index contributed by atoms with van der Waals surface area (Å²) in [5.74, 6) is 2.14. The normalized spacial score (nSPS) is 15.8. The lowest BCUT2D eigenvalue weighted by atomic mass is 10.0. The molecule has 4 rings (SSSR count). The molecule has 3 aromatic rings. The van der Waals surface area contributed by atoms with E-state index in [2.05, 4.69) is 52.8 Å². The van der Waals surface area contributed by atoms with Gasteiger partial charge < -0.3 is 19.8 Å². The number of nitrogens with one attached hydrogen (secondary N) is 2. The van der Waals surface area contributed by atoms with Gasteiger partial charge in [0.25, 0.3) is 0 Å². The first-order valence-electron chi connectivity index (χ1n) is 9.47. The van der Waals surface area contributed by atoms with Gasteiger partial charge in [0.15, 0.2) is 11.5 Å². The fourth-order valence-corrected chi connectivity index (χ4v) is 3.70. The molecule has 8 heteroatoms. The fraction of sp³-hybridized carbons (Fsp3) is 0.556. The predicted molar refractivity (Wildman–Crippen MR) is 101 cm³/mol. The zero-order valence-corrected chi connectivity index (χ0v) is 15.2. The van der Waals surface area contributed by atoms with Crippen molar-refractivity contribution in [2.75, 3.05) is 24.5 Å². The zero-order chi connectivity index (χ0) is 17.8. The number of hydrogen-bond acceptors (Lipinski definition) is 6. The monoisotopic (exact) mass is 354 g/mol. The third-order valence-electron chi connectivity index (χ3n) is 5.12. The van der Waals surface area contributed by atoms with Crippen LogP contribution in [0.1, 0.15) is 32.0 Å². The van der Waals surface area contributed by atoms with E-state index in [9.17, 15) is 0 Å². The van der Waals surface area contributed by atoms with Crippen molar-refractivity contribution in [2.24, 2.45) is 0 Å². The van der Waals surface area contributed by atoms with E-state index >= 15 is 0 Å². The molecule has 0 amide bonds. The summed E-state index contributed by atoms with van der Waals surface area (Å²) in [5, 5.41) is 3.71. The lowest BCUT2D eigenvalue weighted by Crippen LogP contribution is -2.43. The molecule has 0 aromatic carbocycles. The summed E-state index contributed by atoms with van der Waals surface area (Å²) in [6, 6.07) is 0.582. The number of rotatable bonds is 7. The van der Waals surface area contributed by atoms with Crippen LogP contribution >= 0.6 is 0 Å². The van der Waals surface area contributed by atoms with Gasteiger partial charge in [0.1, 0.15) is 17.7 Å². The van der Waals surface area contributed by atoms with Crippen LogP contribution in [0, 0.1) is 0 Å². The molecule has 138 valence electrons. The molecule has 0 unspecified atom stereocenters. The highest BCUT2D eigenvalue weighted by molar-refractivity contribution is 5.82. The van der Waals surface area contributed by atoms with E-state index < -0.39 is 0 Å².